The molecule has 1 saturated heterocycles. The summed E-state index contributed by atoms with van der Waals surface area (Å²) >= 11 is 0. The van der Waals surface area contributed by atoms with Crippen molar-refractivity contribution in [2.75, 3.05) is 6.54 Å². The molecule has 2 atom stereocenters. The predicted octanol–water partition coefficient (Wildman–Crippen LogP) is 3.16. The average Bonchev–Trinajstić information content (AvgIpc) is 2.28. The Hall–Kier alpha value is -1.14. The predicted molar refractivity (Wildman–Crippen MR) is 57.3 cm³/mol. The topological polar surface area (TPSA) is 21.3 Å². The summed E-state index contributed by atoms with van der Waals surface area (Å²) in [5, 5.41) is 3.10. The van der Waals surface area contributed by atoms with Crippen LogP contribution in [-0.4, -0.2) is 19.0 Å². The van der Waals surface area contributed by atoms with Crippen LogP contribution in [0.5, 0.6) is 0 Å². The zero-order valence-electron chi connectivity index (χ0n) is 9.51. The third kappa shape index (κ3) is 3.68. The van der Waals surface area contributed by atoms with Gasteiger partial charge in [-0.2, -0.15) is 0 Å². The van der Waals surface area contributed by atoms with E-state index in [0.29, 0.717) is 13.0 Å². The van der Waals surface area contributed by atoms with Gasteiger partial charge in [0.1, 0.15) is 5.82 Å². The molecule has 100 valence electrons. The molecule has 1 aromatic rings. The van der Waals surface area contributed by atoms with E-state index in [1.165, 1.54) is 12.1 Å². The summed E-state index contributed by atoms with van der Waals surface area (Å²) in [7, 11) is 0. The van der Waals surface area contributed by atoms with Crippen molar-refractivity contribution in [3.8, 4) is 0 Å². The molecule has 1 fully saturated rings. The molecule has 2 nitrogen and oxygen atoms in total. The highest BCUT2D eigenvalue weighted by molar-refractivity contribution is 5.20. The van der Waals surface area contributed by atoms with Crippen LogP contribution in [0.4, 0.5) is 17.6 Å². The molecular formula is C12H13F4NO. The Morgan fingerprint density at radius 1 is 1.17 bits per heavy atom. The zero-order chi connectivity index (χ0) is 13.2. The van der Waals surface area contributed by atoms with Crippen molar-refractivity contribution in [3.63, 3.8) is 0 Å². The summed E-state index contributed by atoms with van der Waals surface area (Å²) in [6.45, 7) is 0.447. The molecule has 1 aliphatic heterocycles. The molecule has 0 aromatic heterocycles. The number of hydrogen-bond donors (Lipinski definition) is 1. The van der Waals surface area contributed by atoms with E-state index in [1.54, 1.807) is 12.1 Å². The van der Waals surface area contributed by atoms with Gasteiger partial charge in [0.05, 0.1) is 6.10 Å². The van der Waals surface area contributed by atoms with Gasteiger partial charge in [0.25, 0.3) is 0 Å². The van der Waals surface area contributed by atoms with Gasteiger partial charge >= 0.3 is 6.36 Å². The summed E-state index contributed by atoms with van der Waals surface area (Å²) in [5.41, 5.74) is 0.770. The third-order valence-corrected chi connectivity index (χ3v) is 2.93. The number of halogens is 4. The van der Waals surface area contributed by atoms with Crippen LogP contribution >= 0.6 is 0 Å². The molecule has 0 saturated carbocycles. The molecule has 1 aliphatic rings. The zero-order valence-corrected chi connectivity index (χ0v) is 9.51. The summed E-state index contributed by atoms with van der Waals surface area (Å²) in [6.07, 6.45) is -4.90. The van der Waals surface area contributed by atoms with Gasteiger partial charge in [-0.15, -0.1) is 13.2 Å². The van der Waals surface area contributed by atoms with Gasteiger partial charge in [0.15, 0.2) is 0 Å². The molecule has 0 spiro atoms. The molecule has 6 heteroatoms. The lowest BCUT2D eigenvalue weighted by Gasteiger charge is -2.31. The second-order valence-electron chi connectivity index (χ2n) is 4.27. The van der Waals surface area contributed by atoms with Gasteiger partial charge in [0, 0.05) is 6.04 Å². The van der Waals surface area contributed by atoms with Crippen LogP contribution in [0.3, 0.4) is 0 Å². The lowest BCUT2D eigenvalue weighted by molar-refractivity contribution is -0.345. The Kier molecular flexibility index (Phi) is 3.87. The monoisotopic (exact) mass is 263 g/mol. The Balaban J connectivity index is 2.00. The standard InChI is InChI=1S/C12H13F4NO/c13-9-3-1-8(2-4-9)11-7-10(5-6-17-11)18-12(14,15)16/h1-4,10-11,17H,5-7H2/t10-,11+/m1/s1. The maximum Gasteiger partial charge on any atom is 0.522 e. The van der Waals surface area contributed by atoms with Crippen molar-refractivity contribution in [1.82, 2.24) is 5.32 Å². The Morgan fingerprint density at radius 3 is 2.44 bits per heavy atom. The van der Waals surface area contributed by atoms with Crippen molar-refractivity contribution in [2.45, 2.75) is 31.3 Å². The van der Waals surface area contributed by atoms with Crippen LogP contribution in [0.25, 0.3) is 0 Å². The number of rotatable bonds is 2. The number of nitrogens with one attached hydrogen (secondary N) is 1. The van der Waals surface area contributed by atoms with Gasteiger partial charge in [-0.25, -0.2) is 4.39 Å². The minimum Gasteiger partial charge on any atom is -0.310 e. The van der Waals surface area contributed by atoms with E-state index < -0.39 is 12.5 Å². The first-order chi connectivity index (χ1) is 8.44. The number of hydrogen-bond acceptors (Lipinski definition) is 2. The highest BCUT2D eigenvalue weighted by Gasteiger charge is 2.35. The highest BCUT2D eigenvalue weighted by atomic mass is 19.4. The average molecular weight is 263 g/mol. The first-order valence-electron chi connectivity index (χ1n) is 5.67. The maximum absolute atomic E-state index is 12.8. The highest BCUT2D eigenvalue weighted by Crippen LogP contribution is 2.29. The van der Waals surface area contributed by atoms with Crippen molar-refractivity contribution >= 4 is 0 Å². The Labute approximate surface area is 102 Å². The quantitative estimate of drug-likeness (QED) is 0.827. The number of piperidine rings is 1. The van der Waals surface area contributed by atoms with Crippen molar-refractivity contribution in [3.05, 3.63) is 35.6 Å². The lowest BCUT2D eigenvalue weighted by Crippen LogP contribution is -2.38. The van der Waals surface area contributed by atoms with Crippen LogP contribution < -0.4 is 5.32 Å². The van der Waals surface area contributed by atoms with Crippen molar-refractivity contribution in [2.24, 2.45) is 0 Å². The molecule has 18 heavy (non-hydrogen) atoms. The van der Waals surface area contributed by atoms with E-state index in [2.05, 4.69) is 10.1 Å². The van der Waals surface area contributed by atoms with E-state index in [4.69, 9.17) is 0 Å². The number of alkyl halides is 3. The van der Waals surface area contributed by atoms with Gasteiger partial charge in [-0.3, -0.25) is 4.74 Å². The van der Waals surface area contributed by atoms with Gasteiger partial charge < -0.3 is 5.32 Å². The summed E-state index contributed by atoms with van der Waals surface area (Å²) in [6, 6.07) is 5.51. The molecule has 0 bridgehead atoms. The molecular weight excluding hydrogens is 250 g/mol. The second kappa shape index (κ2) is 5.24. The summed E-state index contributed by atoms with van der Waals surface area (Å²) in [4.78, 5) is 0. The fourth-order valence-electron chi connectivity index (χ4n) is 2.13. The lowest BCUT2D eigenvalue weighted by atomic mass is 9.95. The van der Waals surface area contributed by atoms with Crippen LogP contribution in [0.2, 0.25) is 0 Å². The maximum atomic E-state index is 12.8. The van der Waals surface area contributed by atoms with Gasteiger partial charge in [-0.05, 0) is 37.1 Å². The minimum atomic E-state index is -4.60. The smallest absolute Gasteiger partial charge is 0.310 e. The van der Waals surface area contributed by atoms with Crippen LogP contribution in [-0.2, 0) is 4.74 Å². The summed E-state index contributed by atoms with van der Waals surface area (Å²) < 4.78 is 53.2. The summed E-state index contributed by atoms with van der Waals surface area (Å²) in [5.74, 6) is -0.363. The second-order valence-corrected chi connectivity index (χ2v) is 4.27. The van der Waals surface area contributed by atoms with Crippen molar-refractivity contribution < 1.29 is 22.3 Å². The minimum absolute atomic E-state index is 0.227. The van der Waals surface area contributed by atoms with E-state index in [9.17, 15) is 17.6 Å². The van der Waals surface area contributed by atoms with Gasteiger partial charge in [-0.1, -0.05) is 12.1 Å². The molecule has 2 rings (SSSR count). The van der Waals surface area contributed by atoms with E-state index in [1.807, 2.05) is 0 Å². The SMILES string of the molecule is Fc1ccc([C@@H]2C[C@H](OC(F)(F)F)CCN2)cc1. The largest absolute Gasteiger partial charge is 0.522 e. The van der Waals surface area contributed by atoms with E-state index >= 15 is 0 Å². The first kappa shape index (κ1) is 13.3. The number of benzene rings is 1. The fourth-order valence-corrected chi connectivity index (χ4v) is 2.13. The third-order valence-electron chi connectivity index (χ3n) is 2.93. The molecule has 0 radical (unpaired) electrons. The molecule has 0 unspecified atom stereocenters. The van der Waals surface area contributed by atoms with E-state index in [-0.39, 0.29) is 18.3 Å². The van der Waals surface area contributed by atoms with E-state index in [0.717, 1.165) is 5.56 Å². The Bertz CT molecular complexity index is 390. The van der Waals surface area contributed by atoms with Crippen LogP contribution in [0.1, 0.15) is 24.4 Å². The molecule has 1 N–H and O–H groups in total. The van der Waals surface area contributed by atoms with Crippen LogP contribution in [0.15, 0.2) is 24.3 Å². The molecule has 0 aliphatic carbocycles. The first-order valence-corrected chi connectivity index (χ1v) is 5.67. The fraction of sp³-hybridized carbons (Fsp3) is 0.500. The van der Waals surface area contributed by atoms with Gasteiger partial charge in [0.2, 0.25) is 0 Å². The van der Waals surface area contributed by atoms with Crippen molar-refractivity contribution in [1.29, 1.82) is 0 Å². The molecule has 0 amide bonds. The Morgan fingerprint density at radius 2 is 1.83 bits per heavy atom. The molecule has 1 aromatic carbocycles. The normalized spacial score (nSPS) is 25.1. The number of ether oxygens (including phenoxy) is 1. The molecule has 1 heterocycles. The van der Waals surface area contributed by atoms with Crippen LogP contribution in [0, 0.1) is 5.82 Å².